The van der Waals surface area contributed by atoms with E-state index in [4.69, 9.17) is 39.5 Å². The van der Waals surface area contributed by atoms with Crippen LogP contribution in [-0.2, 0) is 26.8 Å². The van der Waals surface area contributed by atoms with Gasteiger partial charge in [0.05, 0.1) is 6.61 Å². The van der Waals surface area contributed by atoms with Crippen LogP contribution in [0.3, 0.4) is 0 Å². The summed E-state index contributed by atoms with van der Waals surface area (Å²) in [6.45, 7) is 1.98. The molecular formula is C20H29Cl3O3S. The number of benzene rings is 1. The third-order valence-corrected chi connectivity index (χ3v) is 6.61. The molecule has 0 spiro atoms. The maximum Gasteiger partial charge on any atom is 0.342 e. The smallest absolute Gasteiger partial charge is 0.342 e. The highest BCUT2D eigenvalue weighted by Crippen LogP contribution is 2.29. The van der Waals surface area contributed by atoms with Crippen LogP contribution in [0.15, 0.2) is 24.3 Å². The van der Waals surface area contributed by atoms with Crippen LogP contribution in [-0.4, -0.2) is 32.6 Å². The second-order valence-electron chi connectivity index (χ2n) is 6.52. The Kier molecular flexibility index (Phi) is 12.7. The van der Waals surface area contributed by atoms with Gasteiger partial charge in [-0.1, -0.05) is 59.8 Å². The van der Waals surface area contributed by atoms with Crippen molar-refractivity contribution < 1.29 is 13.7 Å². The Bertz CT molecular complexity index is 576. The van der Waals surface area contributed by atoms with Gasteiger partial charge in [-0.25, -0.2) is 4.79 Å². The molecule has 0 saturated heterocycles. The first kappa shape index (κ1) is 24.7. The summed E-state index contributed by atoms with van der Waals surface area (Å²) in [7, 11) is -0.783. The van der Waals surface area contributed by atoms with Crippen molar-refractivity contribution in [2.45, 2.75) is 62.6 Å². The maximum atomic E-state index is 12.0. The summed E-state index contributed by atoms with van der Waals surface area (Å²) >= 11 is 17.8. The van der Waals surface area contributed by atoms with E-state index < -0.39 is 21.1 Å². The predicted octanol–water partition coefficient (Wildman–Crippen LogP) is 6.10. The molecule has 0 heterocycles. The van der Waals surface area contributed by atoms with Gasteiger partial charge in [-0.05, 0) is 63.1 Å². The fourth-order valence-corrected chi connectivity index (χ4v) is 4.41. The average molecular weight is 456 g/mol. The average Bonchev–Trinajstić information content (AvgIpc) is 2.62. The third-order valence-electron chi connectivity index (χ3n) is 4.19. The van der Waals surface area contributed by atoms with Gasteiger partial charge < -0.3 is 4.74 Å². The lowest BCUT2D eigenvalue weighted by Crippen LogP contribution is -2.28. The molecule has 0 radical (unpaired) electrons. The first-order valence-electron chi connectivity index (χ1n) is 9.49. The van der Waals surface area contributed by atoms with Crippen LogP contribution < -0.4 is 0 Å². The summed E-state index contributed by atoms with van der Waals surface area (Å²) < 4.78 is 15.4. The lowest BCUT2D eigenvalue weighted by Gasteiger charge is -2.17. The highest BCUT2D eigenvalue weighted by molar-refractivity contribution is 7.84. The second-order valence-corrected chi connectivity index (χ2v) is 10.1. The molecule has 1 unspecified atom stereocenters. The van der Waals surface area contributed by atoms with Crippen LogP contribution in [0.5, 0.6) is 0 Å². The van der Waals surface area contributed by atoms with Gasteiger partial charge in [0, 0.05) is 27.3 Å². The molecule has 0 fully saturated rings. The standard InChI is InChI=1S/C20H29Cl3O3S/c1-2-26-19(24)20(22,23)14-6-4-8-16-27(25)15-7-3-5-9-17-10-12-18(21)13-11-17/h10-13H,2-9,14-16H2,1H3. The van der Waals surface area contributed by atoms with Gasteiger partial charge >= 0.3 is 5.97 Å². The number of hydrogen-bond donors (Lipinski definition) is 0. The Hall–Kier alpha value is -0.290. The Morgan fingerprint density at radius 1 is 1.00 bits per heavy atom. The SMILES string of the molecule is CCOC(=O)C(Cl)(Cl)CCCCCS(=O)CCCCCc1ccc(Cl)cc1. The molecular weight excluding hydrogens is 427 g/mol. The van der Waals surface area contributed by atoms with Crippen molar-refractivity contribution in [1.29, 1.82) is 0 Å². The normalized spacial score (nSPS) is 12.7. The molecule has 0 amide bonds. The molecule has 1 atom stereocenters. The predicted molar refractivity (Wildman–Crippen MR) is 116 cm³/mol. The van der Waals surface area contributed by atoms with Gasteiger partial charge in [-0.2, -0.15) is 0 Å². The number of unbranched alkanes of at least 4 members (excludes halogenated alkanes) is 4. The molecule has 1 aromatic carbocycles. The molecule has 0 saturated carbocycles. The zero-order chi connectivity index (χ0) is 20.1. The van der Waals surface area contributed by atoms with Crippen LogP contribution in [0.2, 0.25) is 5.02 Å². The number of hydrogen-bond acceptors (Lipinski definition) is 3. The molecule has 7 heteroatoms. The van der Waals surface area contributed by atoms with Crippen LogP contribution in [0.1, 0.15) is 57.4 Å². The van der Waals surface area contributed by atoms with Crippen molar-refractivity contribution in [3.8, 4) is 0 Å². The van der Waals surface area contributed by atoms with Gasteiger partial charge in [-0.15, -0.1) is 0 Å². The first-order valence-corrected chi connectivity index (χ1v) is 12.1. The van der Waals surface area contributed by atoms with Crippen LogP contribution in [0, 0.1) is 0 Å². The van der Waals surface area contributed by atoms with E-state index in [1.165, 1.54) is 5.56 Å². The van der Waals surface area contributed by atoms with Crippen molar-refractivity contribution in [2.75, 3.05) is 18.1 Å². The van der Waals surface area contributed by atoms with E-state index in [1.54, 1.807) is 6.92 Å². The number of alkyl halides is 2. The molecule has 0 bridgehead atoms. The van der Waals surface area contributed by atoms with Gasteiger partial charge in [0.25, 0.3) is 0 Å². The minimum atomic E-state index is -1.47. The summed E-state index contributed by atoms with van der Waals surface area (Å²) in [5, 5.41) is 0.762. The van der Waals surface area contributed by atoms with Crippen LogP contribution >= 0.6 is 34.8 Å². The molecule has 154 valence electrons. The third kappa shape index (κ3) is 11.3. The molecule has 0 aromatic heterocycles. The van der Waals surface area contributed by atoms with Crippen molar-refractivity contribution >= 4 is 51.6 Å². The Labute approximate surface area is 180 Å². The maximum absolute atomic E-state index is 12.0. The fraction of sp³-hybridized carbons (Fsp3) is 0.650. The Morgan fingerprint density at radius 3 is 2.19 bits per heavy atom. The zero-order valence-corrected chi connectivity index (χ0v) is 18.9. The number of esters is 1. The summed E-state index contributed by atoms with van der Waals surface area (Å²) in [6.07, 6.45) is 6.96. The Balaban J connectivity index is 2.02. The number of carbonyl (C=O) groups is 1. The van der Waals surface area contributed by atoms with E-state index in [0.29, 0.717) is 18.6 Å². The molecule has 1 rings (SSSR count). The molecule has 3 nitrogen and oxygen atoms in total. The first-order chi connectivity index (χ1) is 12.8. The lowest BCUT2D eigenvalue weighted by molar-refractivity contribution is -0.144. The highest BCUT2D eigenvalue weighted by atomic mass is 35.5. The van der Waals surface area contributed by atoms with Gasteiger partial charge in [0.15, 0.2) is 0 Å². The van der Waals surface area contributed by atoms with Crippen molar-refractivity contribution in [2.24, 2.45) is 0 Å². The summed E-state index contributed by atoms with van der Waals surface area (Å²) in [5.74, 6) is 0.850. The fourth-order valence-electron chi connectivity index (χ4n) is 2.65. The quantitative estimate of drug-likeness (QED) is 0.193. The second kappa shape index (κ2) is 13.8. The number of aryl methyl sites for hydroxylation is 1. The number of carbonyl (C=O) groups excluding carboxylic acids is 1. The van der Waals surface area contributed by atoms with Gasteiger partial charge in [0.1, 0.15) is 0 Å². The highest BCUT2D eigenvalue weighted by Gasteiger charge is 2.34. The van der Waals surface area contributed by atoms with E-state index in [-0.39, 0.29) is 6.61 Å². The van der Waals surface area contributed by atoms with Crippen molar-refractivity contribution in [3.63, 3.8) is 0 Å². The van der Waals surface area contributed by atoms with Crippen molar-refractivity contribution in [1.82, 2.24) is 0 Å². The van der Waals surface area contributed by atoms with E-state index in [2.05, 4.69) is 12.1 Å². The van der Waals surface area contributed by atoms with Crippen molar-refractivity contribution in [3.05, 3.63) is 34.9 Å². The lowest BCUT2D eigenvalue weighted by atomic mass is 10.1. The minimum absolute atomic E-state index is 0.263. The van der Waals surface area contributed by atoms with Gasteiger partial charge in [0.2, 0.25) is 4.33 Å². The molecule has 1 aromatic rings. The van der Waals surface area contributed by atoms with E-state index in [0.717, 1.165) is 49.3 Å². The number of halogens is 3. The topological polar surface area (TPSA) is 43.4 Å². The molecule has 0 aliphatic carbocycles. The zero-order valence-electron chi connectivity index (χ0n) is 15.9. The Morgan fingerprint density at radius 2 is 1.59 bits per heavy atom. The largest absolute Gasteiger partial charge is 0.464 e. The van der Waals surface area contributed by atoms with E-state index in [9.17, 15) is 9.00 Å². The van der Waals surface area contributed by atoms with E-state index >= 15 is 0 Å². The number of ether oxygens (including phenoxy) is 1. The monoisotopic (exact) mass is 454 g/mol. The minimum Gasteiger partial charge on any atom is -0.464 e. The van der Waals surface area contributed by atoms with Crippen LogP contribution in [0.4, 0.5) is 0 Å². The molecule has 0 aliphatic rings. The number of rotatable bonds is 14. The van der Waals surface area contributed by atoms with Gasteiger partial charge in [-0.3, -0.25) is 4.21 Å². The summed E-state index contributed by atoms with van der Waals surface area (Å²) in [4.78, 5) is 11.6. The van der Waals surface area contributed by atoms with Crippen LogP contribution in [0.25, 0.3) is 0 Å². The summed E-state index contributed by atoms with van der Waals surface area (Å²) in [6, 6.07) is 7.94. The van der Waals surface area contributed by atoms with E-state index in [1.807, 2.05) is 12.1 Å². The summed E-state index contributed by atoms with van der Waals surface area (Å²) in [5.41, 5.74) is 1.29. The molecule has 0 N–H and O–H groups in total. The molecule has 27 heavy (non-hydrogen) atoms. The molecule has 0 aliphatic heterocycles.